The fourth-order valence-corrected chi connectivity index (χ4v) is 4.90. The molecular weight excluding hydrogens is 513 g/mol. The molecular formula is C21H36IN5O2S. The van der Waals surface area contributed by atoms with Gasteiger partial charge in [0, 0.05) is 50.6 Å². The first-order valence-corrected chi connectivity index (χ1v) is 11.7. The molecule has 0 spiro atoms. The Bertz CT molecular complexity index is 631. The molecule has 1 unspecified atom stereocenters. The summed E-state index contributed by atoms with van der Waals surface area (Å²) in [6, 6.07) is 4.96. The van der Waals surface area contributed by atoms with Crippen LogP contribution in [0.3, 0.4) is 0 Å². The number of guanidine groups is 1. The van der Waals surface area contributed by atoms with Gasteiger partial charge in [0.2, 0.25) is 5.91 Å². The minimum Gasteiger partial charge on any atom is -0.379 e. The third-order valence-electron chi connectivity index (χ3n) is 5.66. The van der Waals surface area contributed by atoms with Gasteiger partial charge in [0.05, 0.1) is 19.3 Å². The number of rotatable bonds is 8. The monoisotopic (exact) mass is 549 g/mol. The van der Waals surface area contributed by atoms with E-state index in [-0.39, 0.29) is 29.9 Å². The van der Waals surface area contributed by atoms with Crippen LogP contribution >= 0.6 is 35.3 Å². The van der Waals surface area contributed by atoms with E-state index in [4.69, 9.17) is 4.74 Å². The highest BCUT2D eigenvalue weighted by atomic mass is 127. The van der Waals surface area contributed by atoms with Crippen molar-refractivity contribution >= 4 is 47.2 Å². The van der Waals surface area contributed by atoms with Crippen molar-refractivity contribution in [3.63, 3.8) is 0 Å². The molecule has 7 nitrogen and oxygen atoms in total. The number of aliphatic imine (C=N–C) groups is 1. The van der Waals surface area contributed by atoms with Crippen molar-refractivity contribution < 1.29 is 9.53 Å². The third kappa shape index (κ3) is 8.32. The van der Waals surface area contributed by atoms with Gasteiger partial charge in [-0.3, -0.25) is 14.7 Å². The van der Waals surface area contributed by atoms with Gasteiger partial charge in [-0.2, -0.15) is 0 Å². The molecule has 9 heteroatoms. The first-order valence-electron chi connectivity index (χ1n) is 10.9. The van der Waals surface area contributed by atoms with E-state index in [0.717, 1.165) is 51.6 Å². The highest BCUT2D eigenvalue weighted by Gasteiger charge is 2.23. The van der Waals surface area contributed by atoms with Crippen molar-refractivity contribution in [1.82, 2.24) is 20.9 Å². The molecule has 1 aromatic heterocycles. The minimum absolute atomic E-state index is 0. The predicted octanol–water partition coefficient (Wildman–Crippen LogP) is 2.74. The molecule has 1 aliphatic carbocycles. The molecule has 3 rings (SSSR count). The molecule has 1 amide bonds. The Morgan fingerprint density at radius 1 is 1.27 bits per heavy atom. The Morgan fingerprint density at radius 3 is 2.70 bits per heavy atom. The van der Waals surface area contributed by atoms with Crippen molar-refractivity contribution in [3.05, 3.63) is 22.4 Å². The molecule has 1 saturated carbocycles. The maximum Gasteiger partial charge on any atom is 0.221 e. The molecule has 0 bridgehead atoms. The average Bonchev–Trinajstić information content (AvgIpc) is 3.28. The summed E-state index contributed by atoms with van der Waals surface area (Å²) >= 11 is 1.79. The van der Waals surface area contributed by atoms with Gasteiger partial charge in [-0.05, 0) is 24.3 Å². The molecule has 0 aromatic carbocycles. The Labute approximate surface area is 201 Å². The molecule has 2 aliphatic rings. The van der Waals surface area contributed by atoms with E-state index in [2.05, 4.69) is 43.4 Å². The number of nitrogens with zero attached hydrogens (tertiary/aromatic N) is 2. The second kappa shape index (κ2) is 14.2. The van der Waals surface area contributed by atoms with E-state index in [1.807, 2.05) is 0 Å². The summed E-state index contributed by atoms with van der Waals surface area (Å²) in [5.74, 6) is 0.870. The van der Waals surface area contributed by atoms with Gasteiger partial charge in [-0.1, -0.05) is 25.3 Å². The van der Waals surface area contributed by atoms with Gasteiger partial charge in [0.25, 0.3) is 0 Å². The first-order chi connectivity index (χ1) is 14.3. The molecule has 2 fully saturated rings. The summed E-state index contributed by atoms with van der Waals surface area (Å²) in [6.07, 6.45) is 6.46. The van der Waals surface area contributed by atoms with E-state index in [1.165, 1.54) is 24.1 Å². The van der Waals surface area contributed by atoms with E-state index in [1.54, 1.807) is 18.4 Å². The average molecular weight is 550 g/mol. The Hall–Kier alpha value is -0.910. The van der Waals surface area contributed by atoms with E-state index in [0.29, 0.717) is 25.0 Å². The summed E-state index contributed by atoms with van der Waals surface area (Å²) in [5, 5.41) is 12.0. The van der Waals surface area contributed by atoms with Crippen LogP contribution in [0, 0.1) is 0 Å². The van der Waals surface area contributed by atoms with Crippen LogP contribution in [0.2, 0.25) is 0 Å². The zero-order chi connectivity index (χ0) is 20.3. The van der Waals surface area contributed by atoms with Gasteiger partial charge in [-0.15, -0.1) is 35.3 Å². The number of nitrogens with one attached hydrogen (secondary N) is 3. The maximum atomic E-state index is 12.2. The molecule has 3 N–H and O–H groups in total. The molecule has 1 aliphatic heterocycles. The number of halogens is 1. The Morgan fingerprint density at radius 2 is 2.03 bits per heavy atom. The number of carbonyl (C=O) groups is 1. The highest BCUT2D eigenvalue weighted by Crippen LogP contribution is 2.25. The van der Waals surface area contributed by atoms with Crippen LogP contribution in [-0.2, 0) is 9.53 Å². The maximum absolute atomic E-state index is 12.2. The van der Waals surface area contributed by atoms with Crippen molar-refractivity contribution in [2.75, 3.05) is 46.4 Å². The van der Waals surface area contributed by atoms with Crippen LogP contribution in [0.5, 0.6) is 0 Å². The molecule has 2 heterocycles. The summed E-state index contributed by atoms with van der Waals surface area (Å²) in [4.78, 5) is 20.3. The number of ether oxygens (including phenoxy) is 1. The van der Waals surface area contributed by atoms with Gasteiger partial charge in [-0.25, -0.2) is 0 Å². The molecule has 1 saturated heterocycles. The summed E-state index contributed by atoms with van der Waals surface area (Å²) in [5.41, 5.74) is 0. The molecule has 170 valence electrons. The van der Waals surface area contributed by atoms with E-state index < -0.39 is 0 Å². The Balaban J connectivity index is 0.00000320. The first kappa shape index (κ1) is 25.4. The minimum atomic E-state index is 0. The van der Waals surface area contributed by atoms with Gasteiger partial charge in [0.15, 0.2) is 5.96 Å². The van der Waals surface area contributed by atoms with Crippen molar-refractivity contribution in [2.24, 2.45) is 4.99 Å². The molecule has 1 atom stereocenters. The zero-order valence-electron chi connectivity index (χ0n) is 17.9. The quantitative estimate of drug-likeness (QED) is 0.264. The fourth-order valence-electron chi connectivity index (χ4n) is 4.03. The van der Waals surface area contributed by atoms with Gasteiger partial charge >= 0.3 is 0 Å². The summed E-state index contributed by atoms with van der Waals surface area (Å²) in [6.45, 7) is 4.80. The molecule has 0 radical (unpaired) electrons. The van der Waals surface area contributed by atoms with Crippen LogP contribution in [-0.4, -0.2) is 69.2 Å². The van der Waals surface area contributed by atoms with Crippen molar-refractivity contribution in [3.8, 4) is 0 Å². The number of carbonyl (C=O) groups excluding carboxylic acids is 1. The van der Waals surface area contributed by atoms with Crippen LogP contribution in [0.25, 0.3) is 0 Å². The van der Waals surface area contributed by atoms with Crippen molar-refractivity contribution in [2.45, 2.75) is 50.6 Å². The number of morpholine rings is 1. The van der Waals surface area contributed by atoms with E-state index >= 15 is 0 Å². The smallest absolute Gasteiger partial charge is 0.221 e. The number of amides is 1. The zero-order valence-corrected chi connectivity index (χ0v) is 21.0. The lowest BCUT2D eigenvalue weighted by atomic mass is 9.95. The fraction of sp³-hybridized carbons (Fsp3) is 0.714. The summed E-state index contributed by atoms with van der Waals surface area (Å²) < 4.78 is 5.51. The lowest BCUT2D eigenvalue weighted by Crippen LogP contribution is -2.46. The Kier molecular flexibility index (Phi) is 12.0. The largest absolute Gasteiger partial charge is 0.379 e. The normalized spacial score (nSPS) is 19.6. The van der Waals surface area contributed by atoms with Crippen LogP contribution in [0.1, 0.15) is 49.4 Å². The van der Waals surface area contributed by atoms with E-state index in [9.17, 15) is 4.79 Å². The second-order valence-electron chi connectivity index (χ2n) is 7.71. The number of hydrogen-bond donors (Lipinski definition) is 3. The summed E-state index contributed by atoms with van der Waals surface area (Å²) in [7, 11) is 1.77. The topological polar surface area (TPSA) is 78.0 Å². The second-order valence-corrected chi connectivity index (χ2v) is 8.69. The number of thiophene rings is 1. The third-order valence-corrected chi connectivity index (χ3v) is 6.63. The van der Waals surface area contributed by atoms with Crippen LogP contribution in [0.4, 0.5) is 0 Å². The predicted molar refractivity (Wildman–Crippen MR) is 134 cm³/mol. The van der Waals surface area contributed by atoms with Gasteiger partial charge < -0.3 is 20.7 Å². The van der Waals surface area contributed by atoms with Gasteiger partial charge in [0.1, 0.15) is 0 Å². The van der Waals surface area contributed by atoms with Crippen molar-refractivity contribution in [1.29, 1.82) is 0 Å². The number of hydrogen-bond acceptors (Lipinski definition) is 5. The lowest BCUT2D eigenvalue weighted by Gasteiger charge is -2.34. The lowest BCUT2D eigenvalue weighted by molar-refractivity contribution is -0.121. The van der Waals surface area contributed by atoms with Crippen LogP contribution in [0.15, 0.2) is 22.5 Å². The SMILES string of the molecule is CN=C(NCCC(=O)NC1CCCCC1)NCC(c1cccs1)N1CCOCC1.I. The highest BCUT2D eigenvalue weighted by molar-refractivity contribution is 14.0. The van der Waals surface area contributed by atoms with Crippen LogP contribution < -0.4 is 16.0 Å². The standard InChI is InChI=1S/C21H35N5O2S.HI/c1-22-21(23-10-9-20(27)25-17-6-3-2-4-7-17)24-16-18(19-8-5-15-29-19)26-11-13-28-14-12-26;/h5,8,15,17-18H,2-4,6-7,9-14,16H2,1H3,(H,25,27)(H2,22,23,24);1H. The molecule has 1 aromatic rings. The molecule has 30 heavy (non-hydrogen) atoms.